The number of benzene rings is 2. The van der Waals surface area contributed by atoms with Gasteiger partial charge in [-0.2, -0.15) is 0 Å². The molecule has 3 rings (SSSR count). The second-order valence-corrected chi connectivity index (χ2v) is 4.86. The van der Waals surface area contributed by atoms with Gasteiger partial charge in [0.1, 0.15) is 11.6 Å². The number of hydrogen-bond acceptors (Lipinski definition) is 3. The molecule has 0 atom stereocenters. The summed E-state index contributed by atoms with van der Waals surface area (Å²) in [5.41, 5.74) is 1.78. The van der Waals surface area contributed by atoms with Crippen molar-refractivity contribution in [2.75, 3.05) is 11.9 Å². The van der Waals surface area contributed by atoms with E-state index in [0.717, 1.165) is 5.56 Å². The van der Waals surface area contributed by atoms with Crippen molar-refractivity contribution in [1.29, 1.82) is 0 Å². The highest BCUT2D eigenvalue weighted by Crippen LogP contribution is 2.28. The number of halogens is 1. The fraction of sp³-hybridized carbons (Fsp3) is 0.125. The van der Waals surface area contributed by atoms with Crippen molar-refractivity contribution in [2.24, 2.45) is 0 Å². The molecular weight excluding hydrogens is 287 g/mol. The lowest BCUT2D eigenvalue weighted by Gasteiger charge is -2.18. The van der Waals surface area contributed by atoms with Crippen molar-refractivity contribution < 1.29 is 18.7 Å². The molecule has 2 aromatic rings. The molecule has 0 unspecified atom stereocenters. The van der Waals surface area contributed by atoms with Crippen LogP contribution in [-0.4, -0.2) is 18.4 Å². The fourth-order valence-corrected chi connectivity index (χ4v) is 2.10. The minimum atomic E-state index is -0.316. The van der Waals surface area contributed by atoms with Gasteiger partial charge in [-0.15, -0.1) is 0 Å². The molecular formula is C16H13FN2O3. The summed E-state index contributed by atoms with van der Waals surface area (Å²) in [7, 11) is 0. The molecule has 0 radical (unpaired) electrons. The smallest absolute Gasteiger partial charge is 0.262 e. The van der Waals surface area contributed by atoms with E-state index < -0.39 is 0 Å². The number of ether oxygens (including phenoxy) is 1. The number of carbonyl (C=O) groups is 2. The quantitative estimate of drug-likeness (QED) is 0.912. The number of carbonyl (C=O) groups excluding carboxylic acids is 2. The van der Waals surface area contributed by atoms with Crippen LogP contribution in [0.15, 0.2) is 42.5 Å². The van der Waals surface area contributed by atoms with E-state index in [2.05, 4.69) is 10.6 Å². The SMILES string of the molecule is O=C1COc2cc(C(=O)NCc3ccc(F)cc3)ccc2N1. The zero-order chi connectivity index (χ0) is 15.5. The fourth-order valence-electron chi connectivity index (χ4n) is 2.10. The van der Waals surface area contributed by atoms with E-state index >= 15 is 0 Å². The molecule has 6 heteroatoms. The summed E-state index contributed by atoms with van der Waals surface area (Å²) in [4.78, 5) is 23.3. The van der Waals surface area contributed by atoms with E-state index in [0.29, 0.717) is 23.5 Å². The molecule has 1 aliphatic rings. The summed E-state index contributed by atoms with van der Waals surface area (Å²) < 4.78 is 18.1. The first-order chi connectivity index (χ1) is 10.6. The maximum absolute atomic E-state index is 12.8. The Hall–Kier alpha value is -2.89. The molecule has 0 saturated carbocycles. The van der Waals surface area contributed by atoms with Gasteiger partial charge in [0.15, 0.2) is 6.61 Å². The van der Waals surface area contributed by atoms with Crippen LogP contribution in [-0.2, 0) is 11.3 Å². The van der Waals surface area contributed by atoms with Crippen molar-refractivity contribution in [2.45, 2.75) is 6.54 Å². The Kier molecular flexibility index (Phi) is 3.74. The van der Waals surface area contributed by atoms with Gasteiger partial charge in [0.25, 0.3) is 11.8 Å². The van der Waals surface area contributed by atoms with Gasteiger partial charge in [0.2, 0.25) is 0 Å². The van der Waals surface area contributed by atoms with E-state index in [1.807, 2.05) is 0 Å². The maximum atomic E-state index is 12.8. The van der Waals surface area contributed by atoms with Crippen molar-refractivity contribution in [3.8, 4) is 5.75 Å². The van der Waals surface area contributed by atoms with Gasteiger partial charge in [0, 0.05) is 12.1 Å². The van der Waals surface area contributed by atoms with Crippen molar-refractivity contribution in [3.63, 3.8) is 0 Å². The lowest BCUT2D eigenvalue weighted by atomic mass is 10.1. The molecule has 2 amide bonds. The molecule has 0 saturated heterocycles. The maximum Gasteiger partial charge on any atom is 0.262 e. The average Bonchev–Trinajstić information content (AvgIpc) is 2.53. The molecule has 22 heavy (non-hydrogen) atoms. The van der Waals surface area contributed by atoms with Crippen molar-refractivity contribution in [1.82, 2.24) is 5.32 Å². The first kappa shape index (κ1) is 14.1. The Morgan fingerprint density at radius 3 is 2.77 bits per heavy atom. The third-order valence-corrected chi connectivity index (χ3v) is 3.24. The first-order valence-corrected chi connectivity index (χ1v) is 6.71. The van der Waals surface area contributed by atoms with Gasteiger partial charge in [-0.1, -0.05) is 12.1 Å². The molecule has 1 heterocycles. The Balaban J connectivity index is 1.67. The lowest BCUT2D eigenvalue weighted by Crippen LogP contribution is -2.26. The summed E-state index contributed by atoms with van der Waals surface area (Å²) in [6, 6.07) is 10.7. The van der Waals surface area contributed by atoms with E-state index in [-0.39, 0.29) is 24.2 Å². The van der Waals surface area contributed by atoms with Crippen LogP contribution in [0.5, 0.6) is 5.75 Å². The summed E-state index contributed by atoms with van der Waals surface area (Å²) >= 11 is 0. The summed E-state index contributed by atoms with van der Waals surface area (Å²) in [6.07, 6.45) is 0. The minimum Gasteiger partial charge on any atom is -0.482 e. The van der Waals surface area contributed by atoms with Gasteiger partial charge in [-0.25, -0.2) is 4.39 Å². The van der Waals surface area contributed by atoms with Gasteiger partial charge in [-0.05, 0) is 35.9 Å². The number of rotatable bonds is 3. The average molecular weight is 300 g/mol. The number of fused-ring (bicyclic) bond motifs is 1. The molecule has 5 nitrogen and oxygen atoms in total. The van der Waals surface area contributed by atoms with Crippen LogP contribution < -0.4 is 15.4 Å². The molecule has 0 spiro atoms. The van der Waals surface area contributed by atoms with Crippen LogP contribution in [0.4, 0.5) is 10.1 Å². The third-order valence-electron chi connectivity index (χ3n) is 3.24. The monoisotopic (exact) mass is 300 g/mol. The number of hydrogen-bond donors (Lipinski definition) is 2. The van der Waals surface area contributed by atoms with Crippen molar-refractivity contribution in [3.05, 3.63) is 59.4 Å². The Bertz CT molecular complexity index is 729. The third kappa shape index (κ3) is 3.06. The number of nitrogens with one attached hydrogen (secondary N) is 2. The van der Waals surface area contributed by atoms with Crippen LogP contribution in [0.25, 0.3) is 0 Å². The zero-order valence-corrected chi connectivity index (χ0v) is 11.6. The molecule has 2 N–H and O–H groups in total. The van der Waals surface area contributed by atoms with E-state index in [9.17, 15) is 14.0 Å². The highest BCUT2D eigenvalue weighted by molar-refractivity contribution is 5.98. The molecule has 2 aromatic carbocycles. The van der Waals surface area contributed by atoms with Crippen LogP contribution >= 0.6 is 0 Å². The van der Waals surface area contributed by atoms with Gasteiger partial charge >= 0.3 is 0 Å². The second-order valence-electron chi connectivity index (χ2n) is 4.86. The van der Waals surface area contributed by atoms with Gasteiger partial charge < -0.3 is 15.4 Å². The van der Waals surface area contributed by atoms with Crippen LogP contribution in [0.1, 0.15) is 15.9 Å². The predicted molar refractivity (Wildman–Crippen MR) is 78.1 cm³/mol. The molecule has 1 aliphatic heterocycles. The molecule has 0 fully saturated rings. The van der Waals surface area contributed by atoms with Crippen LogP contribution in [0.3, 0.4) is 0 Å². The predicted octanol–water partition coefficient (Wildman–Crippen LogP) is 2.09. The highest BCUT2D eigenvalue weighted by Gasteiger charge is 2.17. The Morgan fingerprint density at radius 1 is 1.23 bits per heavy atom. The Labute approximate surface area is 126 Å². The Morgan fingerprint density at radius 2 is 2.00 bits per heavy atom. The minimum absolute atomic E-state index is 0.0619. The summed E-state index contributed by atoms with van der Waals surface area (Å²) in [5, 5.41) is 5.40. The number of anilines is 1. The van der Waals surface area contributed by atoms with Gasteiger partial charge in [0.05, 0.1) is 5.69 Å². The summed E-state index contributed by atoms with van der Waals surface area (Å²) in [6.45, 7) is 0.238. The van der Waals surface area contributed by atoms with E-state index in [1.165, 1.54) is 12.1 Å². The molecule has 0 bridgehead atoms. The van der Waals surface area contributed by atoms with Crippen LogP contribution in [0.2, 0.25) is 0 Å². The molecule has 0 aliphatic carbocycles. The number of amides is 2. The second kappa shape index (κ2) is 5.85. The lowest BCUT2D eigenvalue weighted by molar-refractivity contribution is -0.118. The zero-order valence-electron chi connectivity index (χ0n) is 11.6. The first-order valence-electron chi connectivity index (χ1n) is 6.71. The van der Waals surface area contributed by atoms with E-state index in [4.69, 9.17) is 4.74 Å². The standard InChI is InChI=1S/C16H13FN2O3/c17-12-4-1-10(2-5-12)8-18-16(21)11-3-6-13-14(7-11)22-9-15(20)19-13/h1-7H,8-9H2,(H,18,21)(H,19,20). The molecule has 0 aromatic heterocycles. The van der Waals surface area contributed by atoms with Crippen molar-refractivity contribution >= 4 is 17.5 Å². The van der Waals surface area contributed by atoms with Crippen LogP contribution in [0, 0.1) is 5.82 Å². The van der Waals surface area contributed by atoms with Gasteiger partial charge in [-0.3, -0.25) is 9.59 Å². The van der Waals surface area contributed by atoms with E-state index in [1.54, 1.807) is 30.3 Å². The topological polar surface area (TPSA) is 67.4 Å². The largest absolute Gasteiger partial charge is 0.482 e. The summed E-state index contributed by atoms with van der Waals surface area (Å²) in [5.74, 6) is -0.341. The molecule has 112 valence electrons. The highest BCUT2D eigenvalue weighted by atomic mass is 19.1. The normalized spacial score (nSPS) is 12.9.